The summed E-state index contributed by atoms with van der Waals surface area (Å²) in [5.41, 5.74) is 12.1. The second-order valence-corrected chi connectivity index (χ2v) is 4.39. The Labute approximate surface area is 117 Å². The number of anilines is 2. The second kappa shape index (κ2) is 7.34. The molecule has 1 atom stereocenters. The molecule has 1 rings (SSSR count). The molecule has 0 saturated carbocycles. The van der Waals surface area contributed by atoms with Crippen LogP contribution < -0.4 is 16.8 Å². The third kappa shape index (κ3) is 5.15. The van der Waals surface area contributed by atoms with E-state index in [0.29, 0.717) is 18.0 Å². The van der Waals surface area contributed by atoms with E-state index in [4.69, 9.17) is 20.9 Å². The molecule has 0 spiro atoms. The van der Waals surface area contributed by atoms with E-state index < -0.39 is 11.9 Å². The highest BCUT2D eigenvalue weighted by atomic mass is 16.5. The lowest BCUT2D eigenvalue weighted by Crippen LogP contribution is -2.38. The summed E-state index contributed by atoms with van der Waals surface area (Å²) in [5, 5.41) is 2.62. The molecule has 1 aromatic rings. The van der Waals surface area contributed by atoms with Crippen molar-refractivity contribution in [2.45, 2.75) is 13.0 Å². The predicted octanol–water partition coefficient (Wildman–Crippen LogP) is 0.159. The monoisotopic (exact) mass is 281 g/mol. The average molecular weight is 281 g/mol. The molecule has 0 heterocycles. The lowest BCUT2D eigenvalue weighted by molar-refractivity contribution is -0.125. The van der Waals surface area contributed by atoms with E-state index in [1.165, 1.54) is 25.3 Å². The van der Waals surface area contributed by atoms with E-state index in [2.05, 4.69) is 5.32 Å². The molecule has 1 amide bonds. The number of nitrogens with two attached hydrogens (primary N) is 2. The first kappa shape index (κ1) is 15.8. The van der Waals surface area contributed by atoms with Gasteiger partial charge in [-0.3, -0.25) is 4.79 Å². The van der Waals surface area contributed by atoms with Crippen LogP contribution in [0.3, 0.4) is 0 Å². The van der Waals surface area contributed by atoms with Crippen molar-refractivity contribution in [3.63, 3.8) is 0 Å². The van der Waals surface area contributed by atoms with Gasteiger partial charge in [-0.25, -0.2) is 4.79 Å². The first-order chi connectivity index (χ1) is 9.42. The van der Waals surface area contributed by atoms with Gasteiger partial charge in [-0.15, -0.1) is 0 Å². The largest absolute Gasteiger partial charge is 0.452 e. The van der Waals surface area contributed by atoms with Crippen LogP contribution in [-0.2, 0) is 14.3 Å². The Morgan fingerprint density at radius 3 is 2.40 bits per heavy atom. The van der Waals surface area contributed by atoms with Gasteiger partial charge in [-0.05, 0) is 25.1 Å². The minimum absolute atomic E-state index is 0.158. The van der Waals surface area contributed by atoms with E-state index in [9.17, 15) is 9.59 Å². The molecule has 0 saturated heterocycles. The van der Waals surface area contributed by atoms with Crippen molar-refractivity contribution >= 4 is 23.3 Å². The zero-order valence-corrected chi connectivity index (χ0v) is 11.5. The molecular formula is C13H19N3O4. The molecule has 0 bridgehead atoms. The lowest BCUT2D eigenvalue weighted by Gasteiger charge is -2.12. The number of carbonyl (C=O) groups excluding carboxylic acids is 2. The van der Waals surface area contributed by atoms with Gasteiger partial charge in [-0.1, -0.05) is 0 Å². The Kier molecular flexibility index (Phi) is 5.79. The van der Waals surface area contributed by atoms with Gasteiger partial charge in [0.05, 0.1) is 12.2 Å². The van der Waals surface area contributed by atoms with Crippen molar-refractivity contribution in [1.29, 1.82) is 0 Å². The molecule has 0 radical (unpaired) electrons. The first-order valence-corrected chi connectivity index (χ1v) is 6.04. The van der Waals surface area contributed by atoms with Crippen LogP contribution in [0.25, 0.3) is 0 Å². The fourth-order valence-electron chi connectivity index (χ4n) is 1.62. The maximum Gasteiger partial charge on any atom is 0.338 e. The van der Waals surface area contributed by atoms with Crippen LogP contribution in [0.4, 0.5) is 11.4 Å². The van der Waals surface area contributed by atoms with Crippen molar-refractivity contribution < 1.29 is 19.1 Å². The number of nitrogen functional groups attached to an aromatic ring is 2. The van der Waals surface area contributed by atoms with Crippen molar-refractivity contribution in [2.24, 2.45) is 0 Å². The number of hydrogen-bond acceptors (Lipinski definition) is 6. The maximum atomic E-state index is 11.7. The van der Waals surface area contributed by atoms with Crippen molar-refractivity contribution in [3.8, 4) is 0 Å². The van der Waals surface area contributed by atoms with E-state index in [1.54, 1.807) is 6.92 Å². The van der Waals surface area contributed by atoms with Crippen LogP contribution >= 0.6 is 0 Å². The van der Waals surface area contributed by atoms with Crippen LogP contribution in [0.1, 0.15) is 17.3 Å². The van der Waals surface area contributed by atoms with Crippen LogP contribution in [0.5, 0.6) is 0 Å². The summed E-state index contributed by atoms with van der Waals surface area (Å²) < 4.78 is 9.75. The smallest absolute Gasteiger partial charge is 0.338 e. The number of nitrogens with one attached hydrogen (secondary N) is 1. The summed E-state index contributed by atoms with van der Waals surface area (Å²) in [4.78, 5) is 23.2. The zero-order chi connectivity index (χ0) is 15.1. The highest BCUT2D eigenvalue weighted by molar-refractivity contribution is 5.93. The molecule has 0 aliphatic heterocycles. The predicted molar refractivity (Wildman–Crippen MR) is 75.0 cm³/mol. The summed E-state index contributed by atoms with van der Waals surface area (Å²) in [7, 11) is 1.53. The molecule has 7 heteroatoms. The fourth-order valence-corrected chi connectivity index (χ4v) is 1.62. The Morgan fingerprint density at radius 2 is 1.85 bits per heavy atom. The number of ether oxygens (including phenoxy) is 2. The average Bonchev–Trinajstić information content (AvgIpc) is 2.35. The van der Waals surface area contributed by atoms with Gasteiger partial charge >= 0.3 is 5.97 Å². The molecule has 7 nitrogen and oxygen atoms in total. The third-order valence-corrected chi connectivity index (χ3v) is 2.37. The highest BCUT2D eigenvalue weighted by Gasteiger charge is 2.12. The van der Waals surface area contributed by atoms with Crippen LogP contribution in [0.15, 0.2) is 18.2 Å². The highest BCUT2D eigenvalue weighted by Crippen LogP contribution is 2.14. The molecule has 110 valence electrons. The number of rotatable bonds is 6. The molecule has 0 aliphatic rings. The van der Waals surface area contributed by atoms with Gasteiger partial charge in [0.25, 0.3) is 5.91 Å². The Hall–Kier alpha value is -2.28. The zero-order valence-electron chi connectivity index (χ0n) is 11.5. The SMILES string of the molecule is COCC(C)NC(=O)COC(=O)c1cc(N)cc(N)c1. The molecule has 5 N–H and O–H groups in total. The van der Waals surface area contributed by atoms with Crippen molar-refractivity contribution in [3.05, 3.63) is 23.8 Å². The quantitative estimate of drug-likeness (QED) is 0.505. The molecule has 1 aromatic carbocycles. The number of methoxy groups -OCH3 is 1. The minimum Gasteiger partial charge on any atom is -0.452 e. The van der Waals surface area contributed by atoms with E-state index in [-0.39, 0.29) is 18.2 Å². The Balaban J connectivity index is 2.48. The summed E-state index contributed by atoms with van der Waals surface area (Å²) in [6.45, 7) is 1.79. The summed E-state index contributed by atoms with van der Waals surface area (Å²) in [6, 6.07) is 4.23. The van der Waals surface area contributed by atoms with E-state index in [0.717, 1.165) is 0 Å². The summed E-state index contributed by atoms with van der Waals surface area (Å²) in [6.07, 6.45) is 0. The second-order valence-electron chi connectivity index (χ2n) is 4.39. The standard InChI is InChI=1S/C13H19N3O4/c1-8(6-19-2)16-12(17)7-20-13(18)9-3-10(14)5-11(15)4-9/h3-5,8H,6-7,14-15H2,1-2H3,(H,16,17). The van der Waals surface area contributed by atoms with Gasteiger partial charge in [0.1, 0.15) is 0 Å². The summed E-state index contributed by atoms with van der Waals surface area (Å²) in [5.74, 6) is -1.06. The number of esters is 1. The maximum absolute atomic E-state index is 11.7. The Morgan fingerprint density at radius 1 is 1.25 bits per heavy atom. The third-order valence-electron chi connectivity index (χ3n) is 2.37. The van der Waals surface area contributed by atoms with Crippen LogP contribution in [0, 0.1) is 0 Å². The molecule has 0 aliphatic carbocycles. The lowest BCUT2D eigenvalue weighted by atomic mass is 10.2. The molecule has 0 fully saturated rings. The topological polar surface area (TPSA) is 117 Å². The minimum atomic E-state index is -0.654. The fraction of sp³-hybridized carbons (Fsp3) is 0.385. The Bertz CT molecular complexity index is 470. The van der Waals surface area contributed by atoms with Gasteiger partial charge in [0, 0.05) is 24.5 Å². The molecule has 0 aromatic heterocycles. The number of hydrogen-bond donors (Lipinski definition) is 3. The molecule has 1 unspecified atom stereocenters. The molecular weight excluding hydrogens is 262 g/mol. The van der Waals surface area contributed by atoms with Gasteiger partial charge in [0.2, 0.25) is 0 Å². The van der Waals surface area contributed by atoms with E-state index in [1.807, 2.05) is 0 Å². The summed E-state index contributed by atoms with van der Waals surface area (Å²) >= 11 is 0. The normalized spacial score (nSPS) is 11.7. The molecule has 20 heavy (non-hydrogen) atoms. The van der Waals surface area contributed by atoms with E-state index >= 15 is 0 Å². The van der Waals surface area contributed by atoms with Crippen molar-refractivity contribution in [2.75, 3.05) is 31.8 Å². The van der Waals surface area contributed by atoms with Crippen molar-refractivity contribution in [1.82, 2.24) is 5.32 Å². The van der Waals surface area contributed by atoms with Gasteiger partial charge in [0.15, 0.2) is 6.61 Å². The first-order valence-electron chi connectivity index (χ1n) is 6.04. The number of benzene rings is 1. The van der Waals surface area contributed by atoms with Crippen LogP contribution in [-0.4, -0.2) is 38.2 Å². The number of carbonyl (C=O) groups is 2. The van der Waals surface area contributed by atoms with Gasteiger partial charge < -0.3 is 26.3 Å². The van der Waals surface area contributed by atoms with Crippen LogP contribution in [0.2, 0.25) is 0 Å². The van der Waals surface area contributed by atoms with Gasteiger partial charge in [-0.2, -0.15) is 0 Å². The number of amides is 1.